The van der Waals surface area contributed by atoms with E-state index < -0.39 is 0 Å². The van der Waals surface area contributed by atoms with Crippen LogP contribution in [-0.4, -0.2) is 14.8 Å². The number of aryl methyl sites for hydroxylation is 2. The topological polar surface area (TPSA) is 25.2 Å². The molecule has 2 aromatic carbocycles. The Hall–Kier alpha value is -2.37. The zero-order valence-electron chi connectivity index (χ0n) is 13.9. The molecule has 1 amide bonds. The Morgan fingerprint density at radius 3 is 2.56 bits per heavy atom. The number of carbonyl (C=O) groups is 1. The van der Waals surface area contributed by atoms with Crippen LogP contribution in [0.2, 0.25) is 0 Å². The van der Waals surface area contributed by atoms with E-state index in [4.69, 9.17) is 12.2 Å². The molecule has 1 aliphatic rings. The summed E-state index contributed by atoms with van der Waals surface area (Å²) in [6.45, 7) is 2.02. The first kappa shape index (κ1) is 16.1. The van der Waals surface area contributed by atoms with Crippen molar-refractivity contribution in [3.05, 3.63) is 70.8 Å². The van der Waals surface area contributed by atoms with Crippen LogP contribution in [0, 0.1) is 6.92 Å². The molecule has 0 aliphatic carbocycles. The number of nitrogens with zero attached hydrogens (tertiary/aromatic N) is 2. The number of fused-ring (bicyclic) bond motifs is 1. The molecule has 3 aromatic rings. The molecule has 0 spiro atoms. The second-order valence-corrected chi connectivity index (χ2v) is 7.74. The molecule has 0 radical (unpaired) electrons. The highest BCUT2D eigenvalue weighted by molar-refractivity contribution is 8.27. The van der Waals surface area contributed by atoms with Crippen molar-refractivity contribution in [3.63, 3.8) is 0 Å². The second-order valence-electron chi connectivity index (χ2n) is 6.07. The lowest BCUT2D eigenvalue weighted by Gasteiger charge is -2.14. The van der Waals surface area contributed by atoms with Gasteiger partial charge < -0.3 is 4.57 Å². The Morgan fingerprint density at radius 1 is 1.08 bits per heavy atom. The minimum Gasteiger partial charge on any atom is -0.350 e. The Labute approximate surface area is 155 Å². The molecule has 5 heteroatoms. The van der Waals surface area contributed by atoms with Crippen LogP contribution in [0.25, 0.3) is 17.0 Å². The van der Waals surface area contributed by atoms with Gasteiger partial charge in [-0.25, -0.2) is 0 Å². The summed E-state index contributed by atoms with van der Waals surface area (Å²) >= 11 is 6.80. The lowest BCUT2D eigenvalue weighted by Crippen LogP contribution is -2.27. The smallest absolute Gasteiger partial charge is 0.270 e. The molecule has 0 N–H and O–H groups in total. The summed E-state index contributed by atoms with van der Waals surface area (Å²) < 4.78 is 2.64. The molecule has 0 unspecified atom stereocenters. The lowest BCUT2D eigenvalue weighted by molar-refractivity contribution is -0.113. The molecule has 1 saturated heterocycles. The van der Waals surface area contributed by atoms with Crippen LogP contribution in [0.3, 0.4) is 0 Å². The Morgan fingerprint density at radius 2 is 1.80 bits per heavy atom. The van der Waals surface area contributed by atoms with Crippen LogP contribution in [0.5, 0.6) is 0 Å². The van der Waals surface area contributed by atoms with E-state index in [1.807, 2.05) is 62.6 Å². The summed E-state index contributed by atoms with van der Waals surface area (Å²) in [5.74, 6) is -0.0632. The molecule has 0 bridgehead atoms. The third kappa shape index (κ3) is 2.79. The van der Waals surface area contributed by atoms with E-state index in [1.165, 1.54) is 11.8 Å². The maximum Gasteiger partial charge on any atom is 0.270 e. The van der Waals surface area contributed by atoms with E-state index in [0.717, 1.165) is 27.7 Å². The zero-order chi connectivity index (χ0) is 17.6. The molecule has 0 atom stereocenters. The SMILES string of the molecule is Cc1ccc(N2C(=O)/C(=C/c3cn(C)c4ccccc34)SC2=S)cc1. The molecule has 1 aromatic heterocycles. The summed E-state index contributed by atoms with van der Waals surface area (Å²) in [6.07, 6.45) is 3.99. The van der Waals surface area contributed by atoms with Crippen LogP contribution in [-0.2, 0) is 11.8 Å². The van der Waals surface area contributed by atoms with Gasteiger partial charge in [-0.1, -0.05) is 59.9 Å². The first-order valence-corrected chi connectivity index (χ1v) is 9.16. The van der Waals surface area contributed by atoms with Gasteiger partial charge in [0, 0.05) is 29.7 Å². The van der Waals surface area contributed by atoms with Gasteiger partial charge in [-0.2, -0.15) is 0 Å². The average Bonchev–Trinajstić information content (AvgIpc) is 3.06. The third-order valence-electron chi connectivity index (χ3n) is 4.30. The number of rotatable bonds is 2. The van der Waals surface area contributed by atoms with Crippen LogP contribution in [0.4, 0.5) is 5.69 Å². The van der Waals surface area contributed by atoms with Crippen LogP contribution < -0.4 is 4.90 Å². The summed E-state index contributed by atoms with van der Waals surface area (Å²) in [5.41, 5.74) is 4.14. The fourth-order valence-corrected chi connectivity index (χ4v) is 4.30. The van der Waals surface area contributed by atoms with Crippen LogP contribution in [0.1, 0.15) is 11.1 Å². The first-order valence-electron chi connectivity index (χ1n) is 7.93. The molecule has 25 heavy (non-hydrogen) atoms. The lowest BCUT2D eigenvalue weighted by atomic mass is 10.1. The molecule has 3 nitrogen and oxygen atoms in total. The van der Waals surface area contributed by atoms with E-state index in [9.17, 15) is 4.79 Å². The minimum absolute atomic E-state index is 0.0632. The Balaban J connectivity index is 1.74. The maximum absolute atomic E-state index is 12.9. The van der Waals surface area contributed by atoms with Crippen molar-refractivity contribution in [2.24, 2.45) is 7.05 Å². The number of thioether (sulfide) groups is 1. The van der Waals surface area contributed by atoms with Gasteiger partial charge in [0.25, 0.3) is 5.91 Å². The van der Waals surface area contributed by atoms with E-state index in [1.54, 1.807) is 4.90 Å². The van der Waals surface area contributed by atoms with Crippen molar-refractivity contribution < 1.29 is 4.79 Å². The zero-order valence-corrected chi connectivity index (χ0v) is 15.5. The van der Waals surface area contributed by atoms with Gasteiger partial charge in [0.1, 0.15) is 0 Å². The van der Waals surface area contributed by atoms with Crippen molar-refractivity contribution >= 4 is 56.9 Å². The Bertz CT molecular complexity index is 1030. The molecular formula is C20H16N2OS2. The van der Waals surface area contributed by atoms with Gasteiger partial charge in [0.15, 0.2) is 4.32 Å². The Kier molecular flexibility index (Phi) is 3.98. The molecular weight excluding hydrogens is 348 g/mol. The third-order valence-corrected chi connectivity index (χ3v) is 5.60. The molecule has 1 fully saturated rings. The van der Waals surface area contributed by atoms with Crippen molar-refractivity contribution in [3.8, 4) is 0 Å². The summed E-state index contributed by atoms with van der Waals surface area (Å²) in [6, 6.07) is 16.0. The van der Waals surface area contributed by atoms with Crippen molar-refractivity contribution in [1.29, 1.82) is 0 Å². The largest absolute Gasteiger partial charge is 0.350 e. The maximum atomic E-state index is 12.9. The van der Waals surface area contributed by atoms with Gasteiger partial charge in [0.05, 0.1) is 10.6 Å². The highest BCUT2D eigenvalue weighted by Gasteiger charge is 2.33. The number of para-hydroxylation sites is 1. The molecule has 2 heterocycles. The number of benzene rings is 2. The number of amides is 1. The number of thiocarbonyl (C=S) groups is 1. The van der Waals surface area contributed by atoms with E-state index in [2.05, 4.69) is 16.7 Å². The fourth-order valence-electron chi connectivity index (χ4n) is 3.01. The standard InChI is InChI=1S/C20H16N2OS2/c1-13-7-9-15(10-8-13)22-19(23)18(25-20(22)24)11-14-12-21(2)17-6-4-3-5-16(14)17/h3-12H,1-2H3/b18-11-. The molecule has 0 saturated carbocycles. The van der Waals surface area contributed by atoms with Gasteiger partial charge in [0.2, 0.25) is 0 Å². The second kappa shape index (κ2) is 6.17. The highest BCUT2D eigenvalue weighted by Crippen LogP contribution is 2.37. The first-order chi connectivity index (χ1) is 12.0. The highest BCUT2D eigenvalue weighted by atomic mass is 32.2. The van der Waals surface area contributed by atoms with Gasteiger partial charge in [-0.15, -0.1) is 0 Å². The van der Waals surface area contributed by atoms with Crippen molar-refractivity contribution in [1.82, 2.24) is 4.57 Å². The summed E-state index contributed by atoms with van der Waals surface area (Å²) in [7, 11) is 2.01. The number of carbonyl (C=O) groups excluding carboxylic acids is 1. The quantitative estimate of drug-likeness (QED) is 0.478. The average molecular weight is 364 g/mol. The van der Waals surface area contributed by atoms with Crippen molar-refractivity contribution in [2.45, 2.75) is 6.92 Å². The predicted molar refractivity (Wildman–Crippen MR) is 110 cm³/mol. The van der Waals surface area contributed by atoms with Crippen LogP contribution >= 0.6 is 24.0 Å². The molecule has 124 valence electrons. The molecule has 4 rings (SSSR count). The number of aromatic nitrogens is 1. The number of hydrogen-bond acceptors (Lipinski definition) is 3. The summed E-state index contributed by atoms with van der Waals surface area (Å²) in [4.78, 5) is 15.2. The summed E-state index contributed by atoms with van der Waals surface area (Å²) in [5, 5.41) is 1.13. The fraction of sp³-hybridized carbons (Fsp3) is 0.100. The predicted octanol–water partition coefficient (Wildman–Crippen LogP) is 4.89. The normalized spacial score (nSPS) is 16.4. The molecule has 1 aliphatic heterocycles. The monoisotopic (exact) mass is 364 g/mol. The van der Waals surface area contributed by atoms with E-state index >= 15 is 0 Å². The van der Waals surface area contributed by atoms with Crippen LogP contribution in [0.15, 0.2) is 59.6 Å². The van der Waals surface area contributed by atoms with Crippen molar-refractivity contribution in [2.75, 3.05) is 4.90 Å². The van der Waals surface area contributed by atoms with E-state index in [-0.39, 0.29) is 5.91 Å². The van der Waals surface area contributed by atoms with Gasteiger partial charge >= 0.3 is 0 Å². The number of anilines is 1. The number of hydrogen-bond donors (Lipinski definition) is 0. The van der Waals surface area contributed by atoms with Gasteiger partial charge in [-0.05, 0) is 31.2 Å². The van der Waals surface area contributed by atoms with E-state index in [0.29, 0.717) is 9.23 Å². The van der Waals surface area contributed by atoms with Gasteiger partial charge in [-0.3, -0.25) is 9.69 Å². The minimum atomic E-state index is -0.0632.